The zero-order valence-electron chi connectivity index (χ0n) is 13.3. The average Bonchev–Trinajstić information content (AvgIpc) is 2.22. The maximum atomic E-state index is 11.6. The molecule has 0 atom stereocenters. The fourth-order valence-electron chi connectivity index (χ4n) is 3.01. The summed E-state index contributed by atoms with van der Waals surface area (Å²) in [5, 5.41) is 0. The first kappa shape index (κ1) is 16.1. The van der Waals surface area contributed by atoms with Gasteiger partial charge in [-0.15, -0.1) is 0 Å². The number of nitrogens with zero attached hydrogens (tertiary/aromatic N) is 1. The Morgan fingerprint density at radius 1 is 1.14 bits per heavy atom. The van der Waals surface area contributed by atoms with Crippen LogP contribution in [-0.2, 0) is 14.6 Å². The number of rotatable bonds is 2. The number of benzene rings is 1. The van der Waals surface area contributed by atoms with Gasteiger partial charge in [0.2, 0.25) is 0 Å². The number of ether oxygens (including phenoxy) is 1. The lowest BCUT2D eigenvalue weighted by Gasteiger charge is -2.48. The molecule has 0 aliphatic carbocycles. The molecule has 6 heteroatoms. The second-order valence-corrected chi connectivity index (χ2v) is 8.99. The van der Waals surface area contributed by atoms with Crippen LogP contribution >= 0.6 is 0 Å². The van der Waals surface area contributed by atoms with E-state index in [-0.39, 0.29) is 16.1 Å². The van der Waals surface area contributed by atoms with E-state index in [1.54, 1.807) is 12.1 Å². The molecule has 1 saturated heterocycles. The van der Waals surface area contributed by atoms with E-state index in [0.29, 0.717) is 18.8 Å². The van der Waals surface area contributed by atoms with Gasteiger partial charge >= 0.3 is 0 Å². The highest BCUT2D eigenvalue weighted by Crippen LogP contribution is 2.34. The summed E-state index contributed by atoms with van der Waals surface area (Å²) in [5.41, 5.74) is 6.83. The third-order valence-corrected chi connectivity index (χ3v) is 4.57. The molecule has 2 rings (SSSR count). The smallest absolute Gasteiger partial charge is 0.175 e. The van der Waals surface area contributed by atoms with E-state index in [9.17, 15) is 8.42 Å². The van der Waals surface area contributed by atoms with Gasteiger partial charge in [-0.25, -0.2) is 8.42 Å². The van der Waals surface area contributed by atoms with Crippen molar-refractivity contribution in [3.8, 4) is 0 Å². The summed E-state index contributed by atoms with van der Waals surface area (Å²) in [5.74, 6) is 0. The normalized spacial score (nSPS) is 21.3. The molecule has 1 fully saturated rings. The van der Waals surface area contributed by atoms with Crippen LogP contribution in [0.5, 0.6) is 0 Å². The van der Waals surface area contributed by atoms with Crippen LogP contribution in [0, 0.1) is 0 Å². The van der Waals surface area contributed by atoms with Crippen molar-refractivity contribution in [3.63, 3.8) is 0 Å². The summed E-state index contributed by atoms with van der Waals surface area (Å²) in [6.45, 7) is 9.59. The number of nitrogens with two attached hydrogens (primary N) is 1. The van der Waals surface area contributed by atoms with Crippen LogP contribution < -0.4 is 10.6 Å². The molecule has 1 heterocycles. The number of nitrogen functional groups attached to an aromatic ring is 1. The molecule has 0 amide bonds. The van der Waals surface area contributed by atoms with Gasteiger partial charge in [0.25, 0.3) is 0 Å². The number of anilines is 2. The molecule has 1 aliphatic heterocycles. The van der Waals surface area contributed by atoms with Crippen molar-refractivity contribution in [3.05, 3.63) is 18.2 Å². The first-order chi connectivity index (χ1) is 9.40. The Hall–Kier alpha value is -1.27. The predicted molar refractivity (Wildman–Crippen MR) is 85.4 cm³/mol. The predicted octanol–water partition coefficient (Wildman–Crippen LogP) is 2.07. The van der Waals surface area contributed by atoms with Gasteiger partial charge in [0, 0.05) is 19.3 Å². The fraction of sp³-hybridized carbons (Fsp3) is 0.600. The van der Waals surface area contributed by atoms with Crippen molar-refractivity contribution >= 4 is 21.2 Å². The minimum atomic E-state index is -3.24. The molecule has 0 radical (unpaired) electrons. The highest BCUT2D eigenvalue weighted by atomic mass is 32.2. The van der Waals surface area contributed by atoms with E-state index in [0.717, 1.165) is 5.69 Å². The van der Waals surface area contributed by atoms with E-state index >= 15 is 0 Å². The molecule has 0 aromatic heterocycles. The molecule has 1 aliphatic rings. The van der Waals surface area contributed by atoms with Crippen LogP contribution in [0.1, 0.15) is 27.7 Å². The van der Waals surface area contributed by atoms with Crippen molar-refractivity contribution < 1.29 is 13.2 Å². The van der Waals surface area contributed by atoms with Crippen LogP contribution in [0.4, 0.5) is 11.4 Å². The molecule has 21 heavy (non-hydrogen) atoms. The van der Waals surface area contributed by atoms with Crippen LogP contribution in [0.3, 0.4) is 0 Å². The summed E-state index contributed by atoms with van der Waals surface area (Å²) in [6, 6.07) is 4.92. The van der Waals surface area contributed by atoms with E-state index in [2.05, 4.69) is 4.90 Å². The number of hydrogen-bond acceptors (Lipinski definition) is 5. The highest BCUT2D eigenvalue weighted by molar-refractivity contribution is 7.90. The van der Waals surface area contributed by atoms with Gasteiger partial charge in [0.1, 0.15) is 0 Å². The first-order valence-electron chi connectivity index (χ1n) is 6.94. The van der Waals surface area contributed by atoms with Crippen molar-refractivity contribution in [2.45, 2.75) is 43.8 Å². The molecule has 0 bridgehead atoms. The summed E-state index contributed by atoms with van der Waals surface area (Å²) < 4.78 is 29.2. The minimum absolute atomic E-state index is 0.246. The lowest BCUT2D eigenvalue weighted by molar-refractivity contribution is -0.133. The molecule has 5 nitrogen and oxygen atoms in total. The summed E-state index contributed by atoms with van der Waals surface area (Å²) in [7, 11) is -3.24. The highest BCUT2D eigenvalue weighted by Gasteiger charge is 2.38. The van der Waals surface area contributed by atoms with Gasteiger partial charge in [-0.05, 0) is 45.9 Å². The second-order valence-electron chi connectivity index (χ2n) is 6.97. The number of sulfone groups is 1. The van der Waals surface area contributed by atoms with Crippen LogP contribution in [0.25, 0.3) is 0 Å². The lowest BCUT2D eigenvalue weighted by Crippen LogP contribution is -2.57. The molecule has 2 N–H and O–H groups in total. The van der Waals surface area contributed by atoms with Gasteiger partial charge in [-0.2, -0.15) is 0 Å². The fourth-order valence-corrected chi connectivity index (χ4v) is 3.67. The van der Waals surface area contributed by atoms with Crippen LogP contribution in [0.15, 0.2) is 23.1 Å². The largest absolute Gasteiger partial charge is 0.397 e. The quantitative estimate of drug-likeness (QED) is 0.846. The number of morpholine rings is 1. The van der Waals surface area contributed by atoms with Crippen LogP contribution in [0.2, 0.25) is 0 Å². The Kier molecular flexibility index (Phi) is 3.74. The Morgan fingerprint density at radius 3 is 2.10 bits per heavy atom. The Balaban J connectivity index is 2.38. The van der Waals surface area contributed by atoms with Gasteiger partial charge in [-0.3, -0.25) is 0 Å². The molecule has 1 aromatic carbocycles. The molecule has 0 spiro atoms. The Labute approximate surface area is 127 Å². The van der Waals surface area contributed by atoms with E-state index in [4.69, 9.17) is 10.5 Å². The average molecular weight is 312 g/mol. The third kappa shape index (κ3) is 3.68. The van der Waals surface area contributed by atoms with Crippen molar-refractivity contribution in [2.24, 2.45) is 0 Å². The molecule has 0 saturated carbocycles. The van der Waals surface area contributed by atoms with Crippen molar-refractivity contribution in [2.75, 3.05) is 30.0 Å². The first-order valence-corrected chi connectivity index (χ1v) is 8.84. The van der Waals surface area contributed by atoms with E-state index < -0.39 is 9.84 Å². The standard InChI is InChI=1S/C15H24N2O3S/c1-14(2)9-17(10-15(3,4)20-14)13-7-6-11(8-12(13)16)21(5,18)19/h6-8H,9-10,16H2,1-5H3. The molecule has 0 unspecified atom stereocenters. The SMILES string of the molecule is CC1(C)CN(c2ccc(S(C)(=O)=O)cc2N)CC(C)(C)O1. The van der Waals surface area contributed by atoms with Gasteiger partial charge in [0.05, 0.1) is 27.5 Å². The number of hydrogen-bond donors (Lipinski definition) is 1. The maximum Gasteiger partial charge on any atom is 0.175 e. The molecule has 1 aromatic rings. The topological polar surface area (TPSA) is 72.6 Å². The second kappa shape index (κ2) is 4.88. The molecule has 118 valence electrons. The van der Waals surface area contributed by atoms with Gasteiger partial charge in [-0.1, -0.05) is 0 Å². The van der Waals surface area contributed by atoms with Gasteiger partial charge in [0.15, 0.2) is 9.84 Å². The summed E-state index contributed by atoms with van der Waals surface area (Å²) >= 11 is 0. The lowest BCUT2D eigenvalue weighted by atomic mass is 9.98. The van der Waals surface area contributed by atoms with Crippen molar-refractivity contribution in [1.82, 2.24) is 0 Å². The van der Waals surface area contributed by atoms with Crippen LogP contribution in [-0.4, -0.2) is 39.0 Å². The summed E-state index contributed by atoms with van der Waals surface area (Å²) in [4.78, 5) is 2.40. The zero-order chi connectivity index (χ0) is 16.1. The minimum Gasteiger partial charge on any atom is -0.397 e. The monoisotopic (exact) mass is 312 g/mol. The van der Waals surface area contributed by atoms with Crippen molar-refractivity contribution in [1.29, 1.82) is 0 Å². The van der Waals surface area contributed by atoms with E-state index in [1.165, 1.54) is 12.3 Å². The maximum absolute atomic E-state index is 11.6. The Morgan fingerprint density at radius 2 is 1.67 bits per heavy atom. The molecular weight excluding hydrogens is 288 g/mol. The van der Waals surface area contributed by atoms with Gasteiger partial charge < -0.3 is 15.4 Å². The zero-order valence-corrected chi connectivity index (χ0v) is 14.1. The van der Waals surface area contributed by atoms with E-state index in [1.807, 2.05) is 27.7 Å². The Bertz CT molecular complexity index is 635. The third-order valence-electron chi connectivity index (χ3n) is 3.46. The summed E-state index contributed by atoms with van der Waals surface area (Å²) in [6.07, 6.45) is 1.18. The molecular formula is C15H24N2O3S.